The highest BCUT2D eigenvalue weighted by atomic mass is 16.5. The first kappa shape index (κ1) is 20.4. The van der Waals surface area contributed by atoms with Crippen molar-refractivity contribution in [1.82, 2.24) is 19.5 Å². The van der Waals surface area contributed by atoms with Gasteiger partial charge in [-0.25, -0.2) is 4.79 Å². The number of anilines is 1. The van der Waals surface area contributed by atoms with Crippen LogP contribution in [0.1, 0.15) is 55.6 Å². The molecule has 0 radical (unpaired) electrons. The lowest BCUT2D eigenvalue weighted by Gasteiger charge is -2.16. The Bertz CT molecular complexity index is 1020. The van der Waals surface area contributed by atoms with Crippen molar-refractivity contribution in [3.05, 3.63) is 35.4 Å². The van der Waals surface area contributed by atoms with Gasteiger partial charge in [0, 0.05) is 0 Å². The minimum atomic E-state index is -0.403. The van der Waals surface area contributed by atoms with E-state index in [2.05, 4.69) is 21.9 Å². The molecular formula is C20H25N5O4. The van der Waals surface area contributed by atoms with Crippen molar-refractivity contribution >= 4 is 23.0 Å². The Kier molecular flexibility index (Phi) is 6.16. The predicted molar refractivity (Wildman–Crippen MR) is 108 cm³/mol. The number of esters is 1. The molecule has 2 aromatic heterocycles. The van der Waals surface area contributed by atoms with Crippen LogP contribution in [0.3, 0.4) is 0 Å². The molecule has 0 aliphatic rings. The molecule has 1 atom stereocenters. The van der Waals surface area contributed by atoms with E-state index >= 15 is 0 Å². The van der Waals surface area contributed by atoms with Gasteiger partial charge in [0.15, 0.2) is 17.0 Å². The molecule has 9 nitrogen and oxygen atoms in total. The number of nitrogens with two attached hydrogens (primary N) is 1. The van der Waals surface area contributed by atoms with Crippen LogP contribution >= 0.6 is 0 Å². The summed E-state index contributed by atoms with van der Waals surface area (Å²) in [6.45, 7) is 6.44. The number of aromatic nitrogens is 4. The van der Waals surface area contributed by atoms with Gasteiger partial charge >= 0.3 is 12.0 Å². The number of fused-ring (bicyclic) bond motifs is 1. The van der Waals surface area contributed by atoms with Crippen molar-refractivity contribution in [2.45, 2.75) is 39.7 Å². The lowest BCUT2D eigenvalue weighted by Crippen LogP contribution is -2.11. The van der Waals surface area contributed by atoms with Crippen LogP contribution in [-0.2, 0) is 4.74 Å². The number of unbranched alkanes of at least 4 members (excludes halogenated alkanes) is 1. The number of hydrogen-bond acceptors (Lipinski definition) is 8. The lowest BCUT2D eigenvalue weighted by atomic mass is 10.0. The van der Waals surface area contributed by atoms with Crippen LogP contribution < -0.4 is 10.5 Å². The number of ether oxygens (including phenoxy) is 2. The molecule has 29 heavy (non-hydrogen) atoms. The number of nitrogen functional groups attached to an aromatic ring is 1. The fourth-order valence-electron chi connectivity index (χ4n) is 2.98. The molecule has 2 heterocycles. The predicted octanol–water partition coefficient (Wildman–Crippen LogP) is 3.08. The average Bonchev–Trinajstić information content (AvgIpc) is 3.04. The molecule has 3 rings (SSSR count). The van der Waals surface area contributed by atoms with Gasteiger partial charge in [-0.05, 0) is 38.0 Å². The molecule has 9 heteroatoms. The van der Waals surface area contributed by atoms with E-state index in [4.69, 9.17) is 15.2 Å². The molecule has 1 aromatic carbocycles. The van der Waals surface area contributed by atoms with Crippen molar-refractivity contribution < 1.29 is 19.4 Å². The number of imidazole rings is 1. The molecule has 0 amide bonds. The van der Waals surface area contributed by atoms with Gasteiger partial charge in [-0.15, -0.1) is 0 Å². The molecule has 0 spiro atoms. The summed E-state index contributed by atoms with van der Waals surface area (Å²) in [4.78, 5) is 24.7. The second-order valence-electron chi connectivity index (χ2n) is 6.57. The van der Waals surface area contributed by atoms with Crippen LogP contribution in [0.2, 0.25) is 0 Å². The molecule has 0 aliphatic carbocycles. The Hall–Kier alpha value is -3.36. The zero-order valence-corrected chi connectivity index (χ0v) is 16.8. The number of nitrogens with zero attached hydrogens (tertiary/aromatic N) is 4. The van der Waals surface area contributed by atoms with E-state index in [1.54, 1.807) is 25.1 Å². The van der Waals surface area contributed by atoms with E-state index in [9.17, 15) is 9.90 Å². The third kappa shape index (κ3) is 4.23. The van der Waals surface area contributed by atoms with E-state index in [1.165, 1.54) is 4.57 Å². The van der Waals surface area contributed by atoms with Crippen molar-refractivity contribution in [3.8, 4) is 12.0 Å². The quantitative estimate of drug-likeness (QED) is 0.437. The maximum absolute atomic E-state index is 12.1. The Labute approximate surface area is 168 Å². The monoisotopic (exact) mass is 399 g/mol. The standard InChI is InChI=1S/C20H25N5O4/c1-4-6-10-29-19-23-16(21)15-17(24-19)25(20(27)22-15)12(3)13-8-7-9-14(11-13)18(26)28-5-2/h7-9,11-12H,4-6,10H2,1-3H3,(H,22,27)(H2,21,23,24). The van der Waals surface area contributed by atoms with Crippen LogP contribution in [0.4, 0.5) is 5.82 Å². The maximum atomic E-state index is 12.1. The topological polar surface area (TPSA) is 125 Å². The zero-order valence-electron chi connectivity index (χ0n) is 16.8. The van der Waals surface area contributed by atoms with E-state index in [-0.39, 0.29) is 23.9 Å². The Morgan fingerprint density at radius 3 is 2.79 bits per heavy atom. The molecule has 0 aliphatic heterocycles. The fraction of sp³-hybridized carbons (Fsp3) is 0.400. The van der Waals surface area contributed by atoms with Crippen molar-refractivity contribution in [2.24, 2.45) is 0 Å². The summed E-state index contributed by atoms with van der Waals surface area (Å²) in [5.74, 6) is -0.275. The van der Waals surface area contributed by atoms with Crippen LogP contribution in [0.5, 0.6) is 12.0 Å². The third-order valence-electron chi connectivity index (χ3n) is 4.52. The highest BCUT2D eigenvalue weighted by Crippen LogP contribution is 2.31. The molecule has 0 fully saturated rings. The Morgan fingerprint density at radius 2 is 2.07 bits per heavy atom. The summed E-state index contributed by atoms with van der Waals surface area (Å²) in [6, 6.07) is 6.51. The number of carbonyl (C=O) groups is 1. The zero-order chi connectivity index (χ0) is 21.0. The second kappa shape index (κ2) is 8.76. The van der Waals surface area contributed by atoms with Gasteiger partial charge in [0.25, 0.3) is 6.01 Å². The summed E-state index contributed by atoms with van der Waals surface area (Å²) in [5.41, 5.74) is 7.85. The van der Waals surface area contributed by atoms with E-state index in [1.807, 2.05) is 13.0 Å². The molecular weight excluding hydrogens is 374 g/mol. The number of benzene rings is 1. The second-order valence-corrected chi connectivity index (χ2v) is 6.57. The minimum Gasteiger partial charge on any atom is -0.480 e. The van der Waals surface area contributed by atoms with Gasteiger partial charge in [-0.2, -0.15) is 15.0 Å². The highest BCUT2D eigenvalue weighted by Gasteiger charge is 2.22. The van der Waals surface area contributed by atoms with Crippen LogP contribution in [0.25, 0.3) is 11.2 Å². The van der Waals surface area contributed by atoms with Gasteiger partial charge in [-0.1, -0.05) is 25.5 Å². The molecule has 0 saturated heterocycles. The van der Waals surface area contributed by atoms with Gasteiger partial charge in [0.05, 0.1) is 24.8 Å². The number of carbonyl (C=O) groups excluding carboxylic acids is 1. The molecule has 154 valence electrons. The fourth-order valence-corrected chi connectivity index (χ4v) is 2.98. The normalized spacial score (nSPS) is 12.1. The van der Waals surface area contributed by atoms with Crippen molar-refractivity contribution in [3.63, 3.8) is 0 Å². The maximum Gasteiger partial charge on any atom is 0.338 e. The van der Waals surface area contributed by atoms with Gasteiger partial charge in [0.1, 0.15) is 0 Å². The number of rotatable bonds is 8. The van der Waals surface area contributed by atoms with Crippen LogP contribution in [0.15, 0.2) is 24.3 Å². The Balaban J connectivity index is 2.01. The average molecular weight is 399 g/mol. The molecule has 1 unspecified atom stereocenters. The minimum absolute atomic E-state index is 0.128. The summed E-state index contributed by atoms with van der Waals surface area (Å²) in [6.07, 6.45) is 1.84. The van der Waals surface area contributed by atoms with Crippen LogP contribution in [-0.4, -0.2) is 43.8 Å². The largest absolute Gasteiger partial charge is 0.480 e. The van der Waals surface area contributed by atoms with Gasteiger partial charge < -0.3 is 20.3 Å². The molecule has 0 bridgehead atoms. The Morgan fingerprint density at radius 1 is 1.28 bits per heavy atom. The summed E-state index contributed by atoms with van der Waals surface area (Å²) < 4.78 is 12.2. The summed E-state index contributed by atoms with van der Waals surface area (Å²) in [7, 11) is 0. The van der Waals surface area contributed by atoms with E-state index in [0.717, 1.165) is 18.4 Å². The van der Waals surface area contributed by atoms with Gasteiger partial charge in [-0.3, -0.25) is 4.57 Å². The first-order chi connectivity index (χ1) is 14.0. The van der Waals surface area contributed by atoms with E-state index < -0.39 is 5.97 Å². The van der Waals surface area contributed by atoms with Crippen LogP contribution in [0, 0.1) is 0 Å². The first-order valence-electron chi connectivity index (χ1n) is 9.60. The SMILES string of the molecule is CCCCOc1nc(N)c2nc(O)n(C(C)c3cccc(C(=O)OCC)c3)c2n1. The molecule has 0 saturated carbocycles. The smallest absolute Gasteiger partial charge is 0.338 e. The molecule has 3 aromatic rings. The van der Waals surface area contributed by atoms with Crippen molar-refractivity contribution in [1.29, 1.82) is 0 Å². The van der Waals surface area contributed by atoms with E-state index in [0.29, 0.717) is 29.9 Å². The van der Waals surface area contributed by atoms with Gasteiger partial charge in [0.2, 0.25) is 0 Å². The lowest BCUT2D eigenvalue weighted by molar-refractivity contribution is 0.0526. The molecule has 3 N–H and O–H groups in total. The first-order valence-corrected chi connectivity index (χ1v) is 9.60. The summed E-state index contributed by atoms with van der Waals surface area (Å²) in [5, 5.41) is 10.5. The summed E-state index contributed by atoms with van der Waals surface area (Å²) >= 11 is 0. The number of hydrogen-bond donors (Lipinski definition) is 2. The highest BCUT2D eigenvalue weighted by molar-refractivity contribution is 5.89. The van der Waals surface area contributed by atoms with Crippen molar-refractivity contribution in [2.75, 3.05) is 18.9 Å². The third-order valence-corrected chi connectivity index (χ3v) is 4.52. The number of aromatic hydroxyl groups is 1.